The third kappa shape index (κ3) is 3.01. The monoisotopic (exact) mass is 316 g/mol. The fourth-order valence-corrected chi connectivity index (χ4v) is 2.81. The van der Waals surface area contributed by atoms with Crippen LogP contribution in [0.25, 0.3) is 5.57 Å². The molecule has 0 unspecified atom stereocenters. The second-order valence-electron chi connectivity index (χ2n) is 6.14. The van der Waals surface area contributed by atoms with Crippen molar-refractivity contribution < 1.29 is 5.41 Å². The minimum absolute atomic E-state index is 0.750. The van der Waals surface area contributed by atoms with Crippen LogP contribution in [0.5, 0.6) is 0 Å². The molecule has 0 aromatic heterocycles. The van der Waals surface area contributed by atoms with Crippen LogP contribution in [0.15, 0.2) is 71.8 Å². The van der Waals surface area contributed by atoms with Crippen molar-refractivity contribution >= 4 is 22.7 Å². The van der Waals surface area contributed by atoms with Gasteiger partial charge in [0.15, 0.2) is 5.71 Å². The Balaban J connectivity index is 2.25. The Morgan fingerprint density at radius 2 is 1.54 bits per heavy atom. The van der Waals surface area contributed by atoms with Crippen LogP contribution in [0, 0.1) is 6.92 Å². The van der Waals surface area contributed by atoms with Gasteiger partial charge < -0.3 is 11.5 Å². The van der Waals surface area contributed by atoms with Crippen LogP contribution in [0.3, 0.4) is 0 Å². The van der Waals surface area contributed by atoms with Gasteiger partial charge in [0, 0.05) is 23.0 Å². The van der Waals surface area contributed by atoms with Crippen LogP contribution in [-0.2, 0) is 0 Å². The van der Waals surface area contributed by atoms with E-state index < -0.39 is 0 Å². The average molecular weight is 316 g/mol. The number of nitrogen functional groups attached to an aromatic ring is 2. The lowest BCUT2D eigenvalue weighted by Gasteiger charge is -2.16. The normalized spacial score (nSPS) is 16.1. The lowest BCUT2D eigenvalue weighted by Crippen LogP contribution is -2.39. The first-order valence-electron chi connectivity index (χ1n) is 7.91. The molecule has 1 aliphatic carbocycles. The summed E-state index contributed by atoms with van der Waals surface area (Å²) in [6, 6.07) is 14.1. The Hall–Kier alpha value is -3.07. The Labute approximate surface area is 142 Å². The first-order chi connectivity index (χ1) is 11.5. The molecule has 2 aromatic rings. The summed E-state index contributed by atoms with van der Waals surface area (Å²) in [6.07, 6.45) is 6.12. The van der Waals surface area contributed by atoms with Gasteiger partial charge in [0.2, 0.25) is 0 Å². The Bertz CT molecular complexity index is 897. The van der Waals surface area contributed by atoms with Crippen molar-refractivity contribution in [3.05, 3.63) is 88.5 Å². The maximum Gasteiger partial charge on any atom is 0.199 e. The van der Waals surface area contributed by atoms with Gasteiger partial charge in [-0.2, -0.15) is 0 Å². The highest BCUT2D eigenvalue weighted by Gasteiger charge is 2.15. The number of anilines is 2. The van der Waals surface area contributed by atoms with Gasteiger partial charge in [0.1, 0.15) is 0 Å². The fourth-order valence-electron chi connectivity index (χ4n) is 2.81. The van der Waals surface area contributed by atoms with E-state index in [2.05, 4.69) is 24.3 Å². The number of allylic oxidation sites excluding steroid dienone is 5. The zero-order valence-corrected chi connectivity index (χ0v) is 14.0. The summed E-state index contributed by atoms with van der Waals surface area (Å²) < 4.78 is 0. The molecule has 2 aromatic carbocycles. The maximum absolute atomic E-state index is 5.99. The van der Waals surface area contributed by atoms with Gasteiger partial charge in [0.05, 0.1) is 0 Å². The third-order valence-corrected chi connectivity index (χ3v) is 4.32. The molecular weight excluding hydrogens is 294 g/mol. The minimum Gasteiger partial charge on any atom is -0.399 e. The molecule has 0 saturated carbocycles. The molecule has 0 heterocycles. The van der Waals surface area contributed by atoms with Crippen molar-refractivity contribution in [2.24, 2.45) is 0 Å². The van der Waals surface area contributed by atoms with Crippen molar-refractivity contribution in [1.29, 1.82) is 0 Å². The molecule has 0 amide bonds. The summed E-state index contributed by atoms with van der Waals surface area (Å²) in [4.78, 5) is 0. The molecule has 0 saturated heterocycles. The topological polar surface area (TPSA) is 77.6 Å². The first-order valence-corrected chi connectivity index (χ1v) is 7.91. The van der Waals surface area contributed by atoms with Crippen molar-refractivity contribution in [2.45, 2.75) is 13.8 Å². The SMILES string of the molecule is CC1=C/C(=C(\c2ccc(N)cc2)c2ccc(N)c(C)c2)C=CC1=[NH2+]. The highest BCUT2D eigenvalue weighted by atomic mass is 14.6. The summed E-state index contributed by atoms with van der Waals surface area (Å²) in [7, 11) is 0. The summed E-state index contributed by atoms with van der Waals surface area (Å²) in [5, 5.41) is 5.99. The summed E-state index contributed by atoms with van der Waals surface area (Å²) in [5.41, 5.74) is 20.8. The number of hydrogen-bond acceptors (Lipinski definition) is 2. The van der Waals surface area contributed by atoms with Crippen LogP contribution >= 0.6 is 0 Å². The van der Waals surface area contributed by atoms with Gasteiger partial charge in [-0.15, -0.1) is 0 Å². The molecule has 0 atom stereocenters. The van der Waals surface area contributed by atoms with Crippen LogP contribution in [-0.4, -0.2) is 5.71 Å². The van der Waals surface area contributed by atoms with Crippen LogP contribution in [0.1, 0.15) is 23.6 Å². The average Bonchev–Trinajstić information content (AvgIpc) is 2.56. The van der Waals surface area contributed by atoms with Gasteiger partial charge in [-0.25, -0.2) is 0 Å². The smallest absolute Gasteiger partial charge is 0.199 e. The number of aryl methyl sites for hydroxylation is 1. The van der Waals surface area contributed by atoms with E-state index in [0.29, 0.717) is 0 Å². The largest absolute Gasteiger partial charge is 0.399 e. The molecule has 3 nitrogen and oxygen atoms in total. The molecule has 24 heavy (non-hydrogen) atoms. The Kier molecular flexibility index (Phi) is 4.09. The molecule has 3 heteroatoms. The van der Waals surface area contributed by atoms with Crippen molar-refractivity contribution in [3.63, 3.8) is 0 Å². The molecule has 0 spiro atoms. The second-order valence-corrected chi connectivity index (χ2v) is 6.14. The number of rotatable bonds is 2. The van der Waals surface area contributed by atoms with E-state index in [9.17, 15) is 0 Å². The van der Waals surface area contributed by atoms with E-state index in [0.717, 1.165) is 50.5 Å². The zero-order valence-electron chi connectivity index (χ0n) is 14.0. The van der Waals surface area contributed by atoms with Gasteiger partial charge in [-0.3, -0.25) is 5.41 Å². The molecule has 0 aliphatic heterocycles. The van der Waals surface area contributed by atoms with E-state index in [1.165, 1.54) is 0 Å². The van der Waals surface area contributed by atoms with Crippen molar-refractivity contribution in [3.8, 4) is 0 Å². The molecule has 120 valence electrons. The summed E-state index contributed by atoms with van der Waals surface area (Å²) >= 11 is 0. The second kappa shape index (κ2) is 6.20. The Morgan fingerprint density at radius 3 is 2.17 bits per heavy atom. The van der Waals surface area contributed by atoms with E-state index in [-0.39, 0.29) is 0 Å². The molecular formula is C21H22N3+. The molecule has 1 aliphatic rings. The summed E-state index contributed by atoms with van der Waals surface area (Å²) in [5.74, 6) is 0. The number of nitrogens with two attached hydrogens (primary N) is 3. The van der Waals surface area contributed by atoms with E-state index in [4.69, 9.17) is 16.9 Å². The minimum atomic E-state index is 0.750. The van der Waals surface area contributed by atoms with Crippen LogP contribution in [0.4, 0.5) is 11.4 Å². The lowest BCUT2D eigenvalue weighted by molar-refractivity contribution is -0.111. The molecule has 0 radical (unpaired) electrons. The van der Waals surface area contributed by atoms with E-state index in [1.54, 1.807) is 0 Å². The lowest BCUT2D eigenvalue weighted by atomic mass is 9.88. The predicted molar refractivity (Wildman–Crippen MR) is 102 cm³/mol. The molecule has 0 fully saturated rings. The predicted octanol–water partition coefficient (Wildman–Crippen LogP) is 2.68. The standard InChI is InChI=1S/C21H21N3/c1-13-11-16(5-9-19(13)23)21(15-3-7-18(22)8-4-15)17-6-10-20(24)14(2)12-17/h3-12,23H,22,24H2,1-2H3/p+1/b21-16+,23-19?. The maximum atomic E-state index is 5.99. The number of benzene rings is 2. The quantitative estimate of drug-likeness (QED) is 0.745. The fraction of sp³-hybridized carbons (Fsp3) is 0.0952. The molecule has 3 rings (SSSR count). The highest BCUT2D eigenvalue weighted by molar-refractivity contribution is 6.07. The van der Waals surface area contributed by atoms with E-state index in [1.807, 2.05) is 50.3 Å². The van der Waals surface area contributed by atoms with Gasteiger partial charge in [-0.1, -0.05) is 18.2 Å². The van der Waals surface area contributed by atoms with Crippen LogP contribution in [0.2, 0.25) is 0 Å². The third-order valence-electron chi connectivity index (χ3n) is 4.32. The van der Waals surface area contributed by atoms with Gasteiger partial charge in [-0.05, 0) is 78.1 Å². The van der Waals surface area contributed by atoms with Gasteiger partial charge in [0.25, 0.3) is 0 Å². The Morgan fingerprint density at radius 1 is 0.875 bits per heavy atom. The van der Waals surface area contributed by atoms with Crippen LogP contribution < -0.4 is 16.9 Å². The van der Waals surface area contributed by atoms with E-state index >= 15 is 0 Å². The number of hydrogen-bond donors (Lipinski definition) is 3. The molecule has 0 bridgehead atoms. The van der Waals surface area contributed by atoms with Crippen molar-refractivity contribution in [2.75, 3.05) is 11.5 Å². The van der Waals surface area contributed by atoms with Gasteiger partial charge >= 0.3 is 0 Å². The zero-order chi connectivity index (χ0) is 17.3. The molecule has 6 N–H and O–H groups in total. The first kappa shape index (κ1) is 15.8. The highest BCUT2D eigenvalue weighted by Crippen LogP contribution is 2.32. The van der Waals surface area contributed by atoms with Crippen molar-refractivity contribution in [1.82, 2.24) is 0 Å². The summed E-state index contributed by atoms with van der Waals surface area (Å²) in [6.45, 7) is 4.04.